The molecule has 26 heavy (non-hydrogen) atoms. The van der Waals surface area contributed by atoms with E-state index in [4.69, 9.17) is 0 Å². The fourth-order valence-corrected chi connectivity index (χ4v) is 3.19. The van der Waals surface area contributed by atoms with Crippen molar-refractivity contribution in [3.63, 3.8) is 0 Å². The third-order valence-corrected chi connectivity index (χ3v) is 4.52. The largest absolute Gasteiger partial charge is 0.390 e. The van der Waals surface area contributed by atoms with Gasteiger partial charge in [-0.25, -0.2) is 14.8 Å². The summed E-state index contributed by atoms with van der Waals surface area (Å²) in [6.45, 7) is 0.355. The highest BCUT2D eigenvalue weighted by Gasteiger charge is 2.31. The van der Waals surface area contributed by atoms with Crippen LogP contribution in [0.1, 0.15) is 22.7 Å². The molecule has 0 saturated heterocycles. The second kappa shape index (κ2) is 6.97. The minimum atomic E-state index is -0.603. The van der Waals surface area contributed by atoms with Gasteiger partial charge in [0.2, 0.25) is 0 Å². The van der Waals surface area contributed by atoms with Crippen LogP contribution in [-0.4, -0.2) is 31.8 Å². The normalized spacial score (nSPS) is 18.3. The van der Waals surface area contributed by atoms with Gasteiger partial charge in [-0.2, -0.15) is 0 Å². The number of hydrogen-bond acceptors (Lipinski definition) is 4. The summed E-state index contributed by atoms with van der Waals surface area (Å²) in [4.78, 5) is 20.6. The molecule has 2 amide bonds. The Hall–Kier alpha value is -3.19. The third-order valence-electron chi connectivity index (χ3n) is 4.52. The molecule has 2 atom stereocenters. The number of urea groups is 1. The maximum atomic E-state index is 12.2. The number of carbonyl (C=O) groups excluding carboxylic acids is 1. The summed E-state index contributed by atoms with van der Waals surface area (Å²) in [6, 6.07) is 10.8. The Morgan fingerprint density at radius 3 is 2.92 bits per heavy atom. The van der Waals surface area contributed by atoms with Crippen LogP contribution in [0.4, 0.5) is 4.79 Å². The predicted molar refractivity (Wildman–Crippen MR) is 95.6 cm³/mol. The van der Waals surface area contributed by atoms with Gasteiger partial charge in [0.1, 0.15) is 12.1 Å². The van der Waals surface area contributed by atoms with Gasteiger partial charge in [-0.3, -0.25) is 4.57 Å². The van der Waals surface area contributed by atoms with Crippen LogP contribution in [0.3, 0.4) is 0 Å². The zero-order chi connectivity index (χ0) is 17.9. The van der Waals surface area contributed by atoms with Gasteiger partial charge in [0.15, 0.2) is 0 Å². The van der Waals surface area contributed by atoms with Gasteiger partial charge in [0, 0.05) is 31.6 Å². The van der Waals surface area contributed by atoms with Crippen molar-refractivity contribution >= 4 is 6.03 Å². The van der Waals surface area contributed by atoms with Crippen molar-refractivity contribution in [2.45, 2.75) is 25.1 Å². The van der Waals surface area contributed by atoms with Gasteiger partial charge < -0.3 is 15.7 Å². The number of hydrogen-bond donors (Lipinski definition) is 3. The van der Waals surface area contributed by atoms with Crippen molar-refractivity contribution < 1.29 is 9.90 Å². The Bertz CT molecular complexity index is 893. The number of pyridine rings is 1. The fourth-order valence-electron chi connectivity index (χ4n) is 3.19. The number of carbonyl (C=O) groups is 1. The van der Waals surface area contributed by atoms with Crippen molar-refractivity contribution in [3.8, 4) is 5.82 Å². The first-order chi connectivity index (χ1) is 12.7. The molecule has 0 spiro atoms. The number of aliphatic hydroxyl groups excluding tert-OH is 1. The molecule has 7 nitrogen and oxygen atoms in total. The Balaban J connectivity index is 1.34. The van der Waals surface area contributed by atoms with Crippen LogP contribution in [0.2, 0.25) is 0 Å². The van der Waals surface area contributed by atoms with E-state index in [0.29, 0.717) is 13.0 Å². The van der Waals surface area contributed by atoms with Crippen LogP contribution >= 0.6 is 0 Å². The highest BCUT2D eigenvalue weighted by Crippen LogP contribution is 2.31. The molecule has 0 fully saturated rings. The smallest absolute Gasteiger partial charge is 0.315 e. The average molecular weight is 349 g/mol. The Labute approximate surface area is 150 Å². The maximum Gasteiger partial charge on any atom is 0.315 e. The molecule has 1 aliphatic carbocycles. The molecular formula is C19H19N5O2. The number of benzene rings is 1. The molecule has 2 heterocycles. The van der Waals surface area contributed by atoms with E-state index in [2.05, 4.69) is 20.6 Å². The summed E-state index contributed by atoms with van der Waals surface area (Å²) < 4.78 is 1.81. The van der Waals surface area contributed by atoms with Gasteiger partial charge in [0.25, 0.3) is 0 Å². The van der Waals surface area contributed by atoms with Crippen molar-refractivity contribution in [2.24, 2.45) is 0 Å². The highest BCUT2D eigenvalue weighted by atomic mass is 16.3. The molecule has 2 aromatic heterocycles. The fraction of sp³-hybridized carbons (Fsp3) is 0.211. The molecule has 1 aliphatic rings. The number of nitrogens with zero attached hydrogens (tertiary/aromatic N) is 3. The number of imidazole rings is 1. The van der Waals surface area contributed by atoms with E-state index in [1.807, 2.05) is 47.2 Å². The van der Waals surface area contributed by atoms with E-state index in [9.17, 15) is 9.90 Å². The SMILES string of the molecule is O=C(NCc1ccc(-n2ccnc2)nc1)N[C@H]1c2ccccc2C[C@H]1O. The first-order valence-corrected chi connectivity index (χ1v) is 8.44. The van der Waals surface area contributed by atoms with E-state index in [1.54, 1.807) is 18.7 Å². The van der Waals surface area contributed by atoms with Crippen LogP contribution in [0.25, 0.3) is 5.82 Å². The molecule has 0 unspecified atom stereocenters. The molecule has 0 aliphatic heterocycles. The Morgan fingerprint density at radius 2 is 2.15 bits per heavy atom. The monoisotopic (exact) mass is 349 g/mol. The molecule has 0 bridgehead atoms. The van der Waals surface area contributed by atoms with E-state index in [1.165, 1.54) is 0 Å². The molecule has 1 aromatic carbocycles. The standard InChI is InChI=1S/C19H19N5O2/c25-16-9-14-3-1-2-4-15(14)18(16)23-19(26)22-11-13-5-6-17(21-10-13)24-8-7-20-12-24/h1-8,10,12,16,18,25H,9,11H2,(H2,22,23,26)/t16-,18+/m1/s1. The van der Waals surface area contributed by atoms with E-state index in [-0.39, 0.29) is 12.1 Å². The maximum absolute atomic E-state index is 12.2. The summed E-state index contributed by atoms with van der Waals surface area (Å²) in [7, 11) is 0. The van der Waals surface area contributed by atoms with Crippen molar-refractivity contribution in [1.82, 2.24) is 25.2 Å². The number of rotatable bonds is 4. The lowest BCUT2D eigenvalue weighted by molar-refractivity contribution is 0.142. The van der Waals surface area contributed by atoms with Gasteiger partial charge >= 0.3 is 6.03 Å². The molecule has 0 radical (unpaired) electrons. The summed E-state index contributed by atoms with van der Waals surface area (Å²) in [5, 5.41) is 15.9. The van der Waals surface area contributed by atoms with E-state index >= 15 is 0 Å². The van der Waals surface area contributed by atoms with Gasteiger partial charge in [-0.15, -0.1) is 0 Å². The van der Waals surface area contributed by atoms with Crippen LogP contribution in [0.5, 0.6) is 0 Å². The summed E-state index contributed by atoms with van der Waals surface area (Å²) in [6.07, 6.45) is 6.86. The summed E-state index contributed by atoms with van der Waals surface area (Å²) in [5.41, 5.74) is 2.93. The Kier molecular flexibility index (Phi) is 4.37. The topological polar surface area (TPSA) is 92.1 Å². The molecule has 3 N–H and O–H groups in total. The van der Waals surface area contributed by atoms with Crippen LogP contribution in [-0.2, 0) is 13.0 Å². The van der Waals surface area contributed by atoms with Crippen molar-refractivity contribution in [3.05, 3.63) is 78.0 Å². The quantitative estimate of drug-likeness (QED) is 0.669. The summed E-state index contributed by atoms with van der Waals surface area (Å²) >= 11 is 0. The second-order valence-corrected chi connectivity index (χ2v) is 6.27. The number of aliphatic hydroxyl groups is 1. The molecule has 132 valence electrons. The van der Waals surface area contributed by atoms with Crippen LogP contribution in [0.15, 0.2) is 61.3 Å². The van der Waals surface area contributed by atoms with Crippen LogP contribution in [0, 0.1) is 0 Å². The number of nitrogens with one attached hydrogen (secondary N) is 2. The number of amides is 2. The average Bonchev–Trinajstić information content (AvgIpc) is 3.29. The zero-order valence-electron chi connectivity index (χ0n) is 14.0. The highest BCUT2D eigenvalue weighted by molar-refractivity contribution is 5.74. The lowest BCUT2D eigenvalue weighted by Crippen LogP contribution is -2.40. The van der Waals surface area contributed by atoms with Gasteiger partial charge in [-0.05, 0) is 22.8 Å². The number of fused-ring (bicyclic) bond motifs is 1. The summed E-state index contributed by atoms with van der Waals surface area (Å²) in [5.74, 6) is 0.765. The van der Waals surface area contributed by atoms with Gasteiger partial charge in [0.05, 0.1) is 12.1 Å². The minimum Gasteiger partial charge on any atom is -0.390 e. The van der Waals surface area contributed by atoms with E-state index in [0.717, 1.165) is 22.5 Å². The predicted octanol–water partition coefficient (Wildman–Crippen LogP) is 1.72. The first kappa shape index (κ1) is 16.3. The van der Waals surface area contributed by atoms with Gasteiger partial charge in [-0.1, -0.05) is 30.3 Å². The van der Waals surface area contributed by atoms with Crippen molar-refractivity contribution in [2.75, 3.05) is 0 Å². The molecule has 4 rings (SSSR count). The Morgan fingerprint density at radius 1 is 1.27 bits per heavy atom. The molecule has 3 aromatic rings. The lowest BCUT2D eigenvalue weighted by atomic mass is 10.1. The van der Waals surface area contributed by atoms with Crippen LogP contribution < -0.4 is 10.6 Å². The zero-order valence-corrected chi connectivity index (χ0v) is 14.0. The molecule has 7 heteroatoms. The van der Waals surface area contributed by atoms with E-state index < -0.39 is 6.10 Å². The van der Waals surface area contributed by atoms with Crippen molar-refractivity contribution in [1.29, 1.82) is 0 Å². The molecular weight excluding hydrogens is 330 g/mol. The number of aromatic nitrogens is 3. The minimum absolute atomic E-state index is 0.315. The molecule has 0 saturated carbocycles. The second-order valence-electron chi connectivity index (χ2n) is 6.27. The first-order valence-electron chi connectivity index (χ1n) is 8.44. The third kappa shape index (κ3) is 3.29. The lowest BCUT2D eigenvalue weighted by Gasteiger charge is -2.18.